The van der Waals surface area contributed by atoms with Gasteiger partial charge in [-0.1, -0.05) is 18.2 Å². The lowest BCUT2D eigenvalue weighted by Crippen LogP contribution is -2.50. The number of carbonyl (C=O) groups excluding carboxylic acids is 1. The molecule has 0 aliphatic carbocycles. The minimum atomic E-state index is -0.196. The molecule has 5 heteroatoms. The summed E-state index contributed by atoms with van der Waals surface area (Å²) < 4.78 is 18.6. The number of ether oxygens (including phenoxy) is 1. The maximum absolute atomic E-state index is 13.2. The first-order chi connectivity index (χ1) is 12.2. The molecule has 2 bridgehead atoms. The Labute approximate surface area is 148 Å². The van der Waals surface area contributed by atoms with Crippen molar-refractivity contribution in [2.45, 2.75) is 50.2 Å². The van der Waals surface area contributed by atoms with Crippen LogP contribution in [0.2, 0.25) is 0 Å². The summed E-state index contributed by atoms with van der Waals surface area (Å²) in [5.41, 5.74) is 2.32. The fraction of sp³-hybridized carbons (Fsp3) is 0.550. The molecule has 0 radical (unpaired) electrons. The predicted molar refractivity (Wildman–Crippen MR) is 93.7 cm³/mol. The maximum atomic E-state index is 13.2. The topological polar surface area (TPSA) is 32.8 Å². The highest BCUT2D eigenvalue weighted by Gasteiger charge is 2.41. The van der Waals surface area contributed by atoms with Crippen LogP contribution in [0.15, 0.2) is 36.0 Å². The summed E-state index contributed by atoms with van der Waals surface area (Å²) in [6, 6.07) is 7.22. The van der Waals surface area contributed by atoms with Gasteiger partial charge in [0.2, 0.25) is 0 Å². The highest BCUT2D eigenvalue weighted by molar-refractivity contribution is 5.78. The summed E-state index contributed by atoms with van der Waals surface area (Å²) in [6.45, 7) is 1.55. The Kier molecular flexibility index (Phi) is 4.50. The number of halogens is 1. The predicted octanol–water partition coefficient (Wildman–Crippen LogP) is 3.89. The molecule has 3 aliphatic heterocycles. The number of nitrogens with zero attached hydrogens (tertiary/aromatic N) is 2. The van der Waals surface area contributed by atoms with E-state index < -0.39 is 0 Å². The molecule has 2 fully saturated rings. The molecule has 25 heavy (non-hydrogen) atoms. The third-order valence-corrected chi connectivity index (χ3v) is 5.91. The third kappa shape index (κ3) is 3.17. The lowest BCUT2D eigenvalue weighted by molar-refractivity contribution is 0.0434. The van der Waals surface area contributed by atoms with E-state index in [9.17, 15) is 9.18 Å². The van der Waals surface area contributed by atoms with Gasteiger partial charge in [-0.25, -0.2) is 9.18 Å². The number of allylic oxidation sites excluding steroid dienone is 1. The SMILES string of the molecule is COC1CCN(C(=O)N2C3=CC[C@H]2C[C@@H](c2ccc(F)cc2)C3)CC1. The van der Waals surface area contributed by atoms with Crippen molar-refractivity contribution in [3.63, 3.8) is 0 Å². The molecule has 2 amide bonds. The van der Waals surface area contributed by atoms with Crippen molar-refractivity contribution in [3.05, 3.63) is 47.4 Å². The molecule has 3 heterocycles. The number of piperidine rings is 2. The molecule has 1 aromatic carbocycles. The Bertz CT molecular complexity index is 665. The number of likely N-dealkylation sites (tertiary alicyclic amines) is 1. The zero-order chi connectivity index (χ0) is 17.4. The van der Waals surface area contributed by atoms with E-state index in [1.165, 1.54) is 17.7 Å². The van der Waals surface area contributed by atoms with Crippen LogP contribution in [0.3, 0.4) is 0 Å². The first-order valence-corrected chi connectivity index (χ1v) is 9.21. The van der Waals surface area contributed by atoms with E-state index >= 15 is 0 Å². The van der Waals surface area contributed by atoms with Crippen molar-refractivity contribution in [1.82, 2.24) is 9.80 Å². The highest BCUT2D eigenvalue weighted by atomic mass is 19.1. The number of amides is 2. The normalized spacial score (nSPS) is 26.7. The van der Waals surface area contributed by atoms with Crippen molar-refractivity contribution < 1.29 is 13.9 Å². The first-order valence-electron chi connectivity index (χ1n) is 9.21. The number of methoxy groups -OCH3 is 1. The van der Waals surface area contributed by atoms with Crippen LogP contribution in [0.25, 0.3) is 0 Å². The van der Waals surface area contributed by atoms with Crippen molar-refractivity contribution in [2.75, 3.05) is 20.2 Å². The smallest absolute Gasteiger partial charge is 0.324 e. The highest BCUT2D eigenvalue weighted by Crippen LogP contribution is 2.43. The summed E-state index contributed by atoms with van der Waals surface area (Å²) in [5, 5.41) is 0. The Hall–Kier alpha value is -1.88. The van der Waals surface area contributed by atoms with E-state index in [1.807, 2.05) is 21.9 Å². The van der Waals surface area contributed by atoms with E-state index in [4.69, 9.17) is 4.74 Å². The largest absolute Gasteiger partial charge is 0.381 e. The van der Waals surface area contributed by atoms with Gasteiger partial charge in [0.15, 0.2) is 0 Å². The molecule has 0 aromatic heterocycles. The number of rotatable bonds is 2. The summed E-state index contributed by atoms with van der Waals surface area (Å²) in [7, 11) is 1.74. The third-order valence-electron chi connectivity index (χ3n) is 5.91. The molecule has 2 saturated heterocycles. The lowest BCUT2D eigenvalue weighted by atomic mass is 9.86. The molecule has 1 aromatic rings. The number of benzene rings is 1. The minimum Gasteiger partial charge on any atom is -0.381 e. The fourth-order valence-corrected chi connectivity index (χ4v) is 4.46. The van der Waals surface area contributed by atoms with Gasteiger partial charge in [0.1, 0.15) is 5.82 Å². The monoisotopic (exact) mass is 344 g/mol. The van der Waals surface area contributed by atoms with Gasteiger partial charge < -0.3 is 9.64 Å². The molecule has 2 atom stereocenters. The number of fused-ring (bicyclic) bond motifs is 2. The number of hydrogen-bond acceptors (Lipinski definition) is 2. The number of hydrogen-bond donors (Lipinski definition) is 0. The van der Waals surface area contributed by atoms with Gasteiger partial charge in [0.25, 0.3) is 0 Å². The number of carbonyl (C=O) groups is 1. The van der Waals surface area contributed by atoms with Gasteiger partial charge in [-0.2, -0.15) is 0 Å². The van der Waals surface area contributed by atoms with Crippen molar-refractivity contribution >= 4 is 6.03 Å². The van der Waals surface area contributed by atoms with E-state index in [0.29, 0.717) is 5.92 Å². The van der Waals surface area contributed by atoms with Crippen LogP contribution in [0.1, 0.15) is 43.6 Å². The molecule has 134 valence electrons. The van der Waals surface area contributed by atoms with Gasteiger partial charge in [0, 0.05) is 31.9 Å². The van der Waals surface area contributed by atoms with Crippen LogP contribution in [0.4, 0.5) is 9.18 Å². The molecule has 0 spiro atoms. The Morgan fingerprint density at radius 1 is 1.20 bits per heavy atom. The van der Waals surface area contributed by atoms with E-state index in [1.54, 1.807) is 7.11 Å². The molecule has 4 rings (SSSR count). The molecular formula is C20H25FN2O2. The summed E-state index contributed by atoms with van der Waals surface area (Å²) in [5.74, 6) is 0.181. The van der Waals surface area contributed by atoms with Gasteiger partial charge in [-0.3, -0.25) is 4.90 Å². The zero-order valence-corrected chi connectivity index (χ0v) is 14.7. The van der Waals surface area contributed by atoms with E-state index in [-0.39, 0.29) is 24.0 Å². The first kappa shape index (κ1) is 16.6. The molecule has 4 nitrogen and oxygen atoms in total. The second-order valence-electron chi connectivity index (χ2n) is 7.35. The van der Waals surface area contributed by atoms with E-state index in [2.05, 4.69) is 6.08 Å². The van der Waals surface area contributed by atoms with Crippen molar-refractivity contribution in [1.29, 1.82) is 0 Å². The lowest BCUT2D eigenvalue weighted by Gasteiger charge is -2.41. The van der Waals surface area contributed by atoms with Gasteiger partial charge in [-0.05, 0) is 55.7 Å². The second-order valence-corrected chi connectivity index (χ2v) is 7.35. The summed E-state index contributed by atoms with van der Waals surface area (Å²) in [4.78, 5) is 17.0. The quantitative estimate of drug-likeness (QED) is 0.815. The number of urea groups is 1. The van der Waals surface area contributed by atoms with Gasteiger partial charge in [-0.15, -0.1) is 0 Å². The van der Waals surface area contributed by atoms with Gasteiger partial charge in [0.05, 0.1) is 6.10 Å². The molecule has 0 N–H and O–H groups in total. The van der Waals surface area contributed by atoms with Crippen LogP contribution in [-0.4, -0.2) is 48.2 Å². The fourth-order valence-electron chi connectivity index (χ4n) is 4.46. The standard InChI is InChI=1S/C20H25FN2O2/c1-25-19-8-10-22(11-9-19)20(24)23-17-6-7-18(23)13-15(12-17)14-2-4-16(21)5-3-14/h2-6,15,18-19H,7-13H2,1H3/t15-,18-/m0/s1. The molecule has 3 aliphatic rings. The summed E-state index contributed by atoms with van der Waals surface area (Å²) in [6.07, 6.45) is 7.08. The maximum Gasteiger partial charge on any atom is 0.324 e. The Morgan fingerprint density at radius 2 is 1.92 bits per heavy atom. The average molecular weight is 344 g/mol. The molecule has 0 unspecified atom stereocenters. The van der Waals surface area contributed by atoms with Crippen LogP contribution < -0.4 is 0 Å². The molecular weight excluding hydrogens is 319 g/mol. The van der Waals surface area contributed by atoms with Crippen molar-refractivity contribution in [3.8, 4) is 0 Å². The Morgan fingerprint density at radius 3 is 2.56 bits per heavy atom. The van der Waals surface area contributed by atoms with Crippen molar-refractivity contribution in [2.24, 2.45) is 0 Å². The van der Waals surface area contributed by atoms with E-state index in [0.717, 1.165) is 50.9 Å². The van der Waals surface area contributed by atoms with Gasteiger partial charge >= 0.3 is 6.03 Å². The van der Waals surface area contributed by atoms with Crippen LogP contribution in [-0.2, 0) is 4.74 Å². The van der Waals surface area contributed by atoms with Crippen LogP contribution >= 0.6 is 0 Å². The second kappa shape index (κ2) is 6.79. The summed E-state index contributed by atoms with van der Waals surface area (Å²) >= 11 is 0. The Balaban J connectivity index is 1.43. The average Bonchev–Trinajstić information content (AvgIpc) is 2.91. The zero-order valence-electron chi connectivity index (χ0n) is 14.7. The molecule has 0 saturated carbocycles. The minimum absolute atomic E-state index is 0.154. The van der Waals surface area contributed by atoms with Crippen LogP contribution in [0.5, 0.6) is 0 Å². The van der Waals surface area contributed by atoms with Crippen LogP contribution in [0, 0.1) is 5.82 Å².